The molecule has 284 valence electrons. The number of carbonyl (C=O) groups is 3. The predicted octanol–water partition coefficient (Wildman–Crippen LogP) is 7.65. The number of carbonyl (C=O) groups excluding carboxylic acids is 3. The Morgan fingerprint density at radius 2 is 1.35 bits per heavy atom. The fraction of sp³-hybridized carbons (Fsp3) is 0.326. The lowest BCUT2D eigenvalue weighted by atomic mass is 9.94. The van der Waals surface area contributed by atoms with Gasteiger partial charge in [-0.05, 0) is 72.9 Å². The Kier molecular flexibility index (Phi) is 17.8. The fourth-order valence-electron chi connectivity index (χ4n) is 6.27. The zero-order valence-corrected chi connectivity index (χ0v) is 31.2. The monoisotopic (exact) mass is 730 g/mol. The second-order valence-corrected chi connectivity index (χ2v) is 13.5. The van der Waals surface area contributed by atoms with E-state index in [4.69, 9.17) is 9.47 Å². The number of hydrogen-bond donors (Lipinski definition) is 2. The van der Waals surface area contributed by atoms with Gasteiger partial charge in [0.15, 0.2) is 0 Å². The van der Waals surface area contributed by atoms with Gasteiger partial charge in [-0.15, -0.1) is 13.2 Å². The van der Waals surface area contributed by atoms with E-state index in [0.29, 0.717) is 38.2 Å². The Labute approximate surface area is 320 Å². The Balaban J connectivity index is 1.48. The third-order valence-corrected chi connectivity index (χ3v) is 9.23. The highest BCUT2D eigenvalue weighted by atomic mass is 16.5. The molecule has 0 heterocycles. The number of nitrogens with one attached hydrogen (secondary N) is 1. The van der Waals surface area contributed by atoms with Crippen molar-refractivity contribution in [2.24, 2.45) is 11.8 Å². The smallest absolute Gasteiger partial charge is 0.309 e. The zero-order chi connectivity index (χ0) is 38.4. The van der Waals surface area contributed by atoms with Crippen molar-refractivity contribution in [2.75, 3.05) is 19.8 Å². The van der Waals surface area contributed by atoms with Crippen molar-refractivity contribution in [3.63, 3.8) is 0 Å². The molecule has 0 unspecified atom stereocenters. The minimum Gasteiger partial charge on any atom is -0.489 e. The van der Waals surface area contributed by atoms with E-state index in [1.807, 2.05) is 121 Å². The van der Waals surface area contributed by atoms with Crippen LogP contribution in [0.1, 0.15) is 54.4 Å². The quantitative estimate of drug-likeness (QED) is 0.0436. The number of unbranched alkanes of at least 4 members (excludes halogenated alkanes) is 1. The molecule has 0 aliphatic heterocycles. The summed E-state index contributed by atoms with van der Waals surface area (Å²) < 4.78 is 12.0. The average Bonchev–Trinajstić information content (AvgIpc) is 3.20. The fourth-order valence-corrected chi connectivity index (χ4v) is 6.27. The molecule has 8 heteroatoms. The normalized spacial score (nSPS) is 12.5. The van der Waals surface area contributed by atoms with Crippen LogP contribution in [-0.4, -0.2) is 53.6 Å². The molecule has 3 atom stereocenters. The molecule has 4 rings (SSSR count). The summed E-state index contributed by atoms with van der Waals surface area (Å²) in [4.78, 5) is 42.7. The minimum absolute atomic E-state index is 0.0387. The first-order chi connectivity index (χ1) is 26.4. The first-order valence-electron chi connectivity index (χ1n) is 18.8. The van der Waals surface area contributed by atoms with E-state index in [0.717, 1.165) is 35.1 Å². The maximum absolute atomic E-state index is 13.9. The zero-order valence-electron chi connectivity index (χ0n) is 31.2. The summed E-state index contributed by atoms with van der Waals surface area (Å²) in [6.07, 6.45) is 6.89. The van der Waals surface area contributed by atoms with Crippen LogP contribution in [0.3, 0.4) is 0 Å². The molecule has 0 fully saturated rings. The topological polar surface area (TPSA) is 105 Å². The molecule has 0 bridgehead atoms. The van der Waals surface area contributed by atoms with Crippen LogP contribution < -0.4 is 10.1 Å². The molecule has 0 radical (unpaired) electrons. The van der Waals surface area contributed by atoms with Gasteiger partial charge in [0.2, 0.25) is 11.8 Å². The molecule has 8 nitrogen and oxygen atoms in total. The van der Waals surface area contributed by atoms with Crippen LogP contribution in [-0.2, 0) is 45.1 Å². The number of ether oxygens (including phenoxy) is 2. The average molecular weight is 731 g/mol. The Bertz CT molecular complexity index is 1710. The molecule has 2 N–H and O–H groups in total. The van der Waals surface area contributed by atoms with Crippen molar-refractivity contribution in [3.05, 3.63) is 163 Å². The second kappa shape index (κ2) is 23.2. The molecule has 0 saturated carbocycles. The van der Waals surface area contributed by atoms with E-state index in [1.54, 1.807) is 11.0 Å². The third kappa shape index (κ3) is 14.5. The summed E-state index contributed by atoms with van der Waals surface area (Å²) in [5.74, 6) is -1.23. The number of aliphatic hydroxyl groups is 1. The summed E-state index contributed by atoms with van der Waals surface area (Å²) in [6, 6.07) is 36.4. The maximum Gasteiger partial charge on any atom is 0.309 e. The van der Waals surface area contributed by atoms with Crippen molar-refractivity contribution in [1.29, 1.82) is 0 Å². The van der Waals surface area contributed by atoms with Crippen LogP contribution in [0.15, 0.2) is 141 Å². The molecule has 0 saturated heterocycles. The van der Waals surface area contributed by atoms with Crippen LogP contribution in [0.2, 0.25) is 0 Å². The predicted molar refractivity (Wildman–Crippen MR) is 213 cm³/mol. The highest BCUT2D eigenvalue weighted by Gasteiger charge is 2.28. The van der Waals surface area contributed by atoms with Crippen LogP contribution >= 0.6 is 0 Å². The maximum atomic E-state index is 13.9. The molecule has 0 aliphatic rings. The summed E-state index contributed by atoms with van der Waals surface area (Å²) in [5.41, 5.74) is 3.96. The number of amides is 2. The van der Waals surface area contributed by atoms with Gasteiger partial charge in [-0.1, -0.05) is 115 Å². The standard InChI is InChI=1S/C46H54N2O6/c1-3-5-9-23-41(30-36-17-10-6-11-18-36)46(52)54-35-42(31-37-24-26-43(27-25-37)53-34-39-21-14-8-15-22-39)47-45(51)40(16-4-2)32-44(50)48(28-29-49)33-38-19-12-7-13-20-38/h3-4,6-8,10-15,17-22,24-27,40-42,49H,1-2,5,9,16,23,28-35H2,(H,47,51)/t40-,41-,42+/m1/s1. The van der Waals surface area contributed by atoms with Gasteiger partial charge in [-0.3, -0.25) is 14.4 Å². The van der Waals surface area contributed by atoms with Gasteiger partial charge in [0, 0.05) is 19.5 Å². The van der Waals surface area contributed by atoms with Crippen molar-refractivity contribution in [3.8, 4) is 5.75 Å². The molecular formula is C46H54N2O6. The Hall–Kier alpha value is -5.47. The van der Waals surface area contributed by atoms with E-state index in [2.05, 4.69) is 18.5 Å². The first kappa shape index (κ1) is 41.3. The molecule has 0 aromatic heterocycles. The lowest BCUT2D eigenvalue weighted by molar-refractivity contribution is -0.150. The van der Waals surface area contributed by atoms with Crippen LogP contribution in [0, 0.1) is 11.8 Å². The van der Waals surface area contributed by atoms with E-state index in [-0.39, 0.29) is 56.3 Å². The molecule has 0 aliphatic carbocycles. The Morgan fingerprint density at radius 1 is 0.741 bits per heavy atom. The second-order valence-electron chi connectivity index (χ2n) is 13.5. The third-order valence-electron chi connectivity index (χ3n) is 9.23. The molecule has 54 heavy (non-hydrogen) atoms. The minimum atomic E-state index is -0.705. The largest absolute Gasteiger partial charge is 0.489 e. The van der Waals surface area contributed by atoms with Crippen molar-refractivity contribution >= 4 is 17.8 Å². The van der Waals surface area contributed by atoms with E-state index < -0.39 is 12.0 Å². The number of hydrogen-bond acceptors (Lipinski definition) is 6. The SMILES string of the molecule is C=CCCC[C@H](Cc1ccccc1)C(=O)OC[C@H](Cc1ccc(OCc2ccccc2)cc1)NC(=O)[C@H](CC=C)CC(=O)N(CCO)Cc1ccccc1. The van der Waals surface area contributed by atoms with Crippen molar-refractivity contribution in [2.45, 2.75) is 64.1 Å². The summed E-state index contributed by atoms with van der Waals surface area (Å²) in [6.45, 7) is 8.34. The van der Waals surface area contributed by atoms with Gasteiger partial charge in [0.05, 0.1) is 24.5 Å². The van der Waals surface area contributed by atoms with Crippen molar-refractivity contribution < 1.29 is 29.0 Å². The molecule has 0 spiro atoms. The summed E-state index contributed by atoms with van der Waals surface area (Å²) >= 11 is 0. The number of benzene rings is 4. The summed E-state index contributed by atoms with van der Waals surface area (Å²) in [7, 11) is 0. The van der Waals surface area contributed by atoms with E-state index >= 15 is 0 Å². The van der Waals surface area contributed by atoms with Crippen molar-refractivity contribution in [1.82, 2.24) is 10.2 Å². The van der Waals surface area contributed by atoms with Crippen LogP contribution in [0.4, 0.5) is 0 Å². The molecule has 4 aromatic carbocycles. The van der Waals surface area contributed by atoms with E-state index in [9.17, 15) is 19.5 Å². The van der Waals surface area contributed by atoms with Crippen LogP contribution in [0.25, 0.3) is 0 Å². The Morgan fingerprint density at radius 3 is 1.96 bits per heavy atom. The van der Waals surface area contributed by atoms with Gasteiger partial charge in [-0.25, -0.2) is 0 Å². The lowest BCUT2D eigenvalue weighted by Gasteiger charge is -2.26. The number of allylic oxidation sites excluding steroid dienone is 2. The van der Waals surface area contributed by atoms with Gasteiger partial charge in [0.1, 0.15) is 19.0 Å². The number of rotatable bonds is 24. The van der Waals surface area contributed by atoms with E-state index in [1.165, 1.54) is 0 Å². The number of nitrogens with zero attached hydrogens (tertiary/aromatic N) is 1. The highest BCUT2D eigenvalue weighted by molar-refractivity contribution is 5.86. The van der Waals surface area contributed by atoms with Gasteiger partial charge in [0.25, 0.3) is 0 Å². The molecule has 4 aromatic rings. The summed E-state index contributed by atoms with van der Waals surface area (Å²) in [5, 5.41) is 12.8. The number of aliphatic hydroxyl groups excluding tert-OH is 1. The number of esters is 1. The first-order valence-corrected chi connectivity index (χ1v) is 18.8. The van der Waals surface area contributed by atoms with Gasteiger partial charge in [-0.2, -0.15) is 0 Å². The van der Waals surface area contributed by atoms with Gasteiger partial charge < -0.3 is 24.8 Å². The highest BCUT2D eigenvalue weighted by Crippen LogP contribution is 2.20. The van der Waals surface area contributed by atoms with Crippen LogP contribution in [0.5, 0.6) is 5.75 Å². The molecular weight excluding hydrogens is 677 g/mol. The lowest BCUT2D eigenvalue weighted by Crippen LogP contribution is -2.45. The van der Waals surface area contributed by atoms with Gasteiger partial charge >= 0.3 is 5.97 Å². The molecule has 2 amide bonds.